The Morgan fingerprint density at radius 2 is 1.81 bits per heavy atom. The van der Waals surface area contributed by atoms with E-state index in [4.69, 9.17) is 10.8 Å². The largest absolute Gasteiger partial charge is 0.478 e. The molecule has 0 bridgehead atoms. The average molecular weight is 284 g/mol. The van der Waals surface area contributed by atoms with Crippen LogP contribution in [0.15, 0.2) is 36.4 Å². The number of nitrogen functional groups attached to an aromatic ring is 1. The molecule has 21 heavy (non-hydrogen) atoms. The number of aryl methyl sites for hydroxylation is 2. The van der Waals surface area contributed by atoms with Gasteiger partial charge in [0.25, 0.3) is 0 Å². The maximum absolute atomic E-state index is 11.0. The Morgan fingerprint density at radius 1 is 1.10 bits per heavy atom. The van der Waals surface area contributed by atoms with Crippen molar-refractivity contribution in [3.63, 3.8) is 0 Å². The molecule has 0 aliphatic heterocycles. The van der Waals surface area contributed by atoms with Crippen molar-refractivity contribution in [3.05, 3.63) is 64.2 Å². The zero-order valence-corrected chi connectivity index (χ0v) is 12.3. The van der Waals surface area contributed by atoms with Crippen LogP contribution in [-0.4, -0.2) is 11.1 Å². The monoisotopic (exact) mass is 284 g/mol. The van der Waals surface area contributed by atoms with Crippen LogP contribution in [0.4, 0.5) is 5.69 Å². The number of rotatable bonds is 5. The molecule has 2 aromatic rings. The first-order chi connectivity index (χ1) is 9.97. The lowest BCUT2D eigenvalue weighted by Gasteiger charge is -2.11. The third kappa shape index (κ3) is 3.83. The molecule has 110 valence electrons. The van der Waals surface area contributed by atoms with Gasteiger partial charge in [0.2, 0.25) is 0 Å². The van der Waals surface area contributed by atoms with Gasteiger partial charge >= 0.3 is 5.97 Å². The number of carboxylic acid groups (broad SMARTS) is 1. The number of hydrogen-bond acceptors (Lipinski definition) is 3. The number of aromatic carboxylic acids is 1. The Hall–Kier alpha value is -2.33. The average Bonchev–Trinajstić information content (AvgIpc) is 2.44. The lowest BCUT2D eigenvalue weighted by molar-refractivity contribution is 0.0697. The highest BCUT2D eigenvalue weighted by Crippen LogP contribution is 2.15. The highest BCUT2D eigenvalue weighted by Gasteiger charge is 2.07. The summed E-state index contributed by atoms with van der Waals surface area (Å²) < 4.78 is 0. The van der Waals surface area contributed by atoms with E-state index in [0.717, 1.165) is 12.1 Å². The molecule has 0 spiro atoms. The molecule has 0 atom stereocenters. The van der Waals surface area contributed by atoms with Gasteiger partial charge in [-0.3, -0.25) is 0 Å². The van der Waals surface area contributed by atoms with Gasteiger partial charge in [-0.05, 0) is 48.7 Å². The van der Waals surface area contributed by atoms with Gasteiger partial charge < -0.3 is 16.2 Å². The number of hydrogen-bond donors (Lipinski definition) is 3. The second-order valence-electron chi connectivity index (χ2n) is 5.25. The number of anilines is 1. The Kier molecular flexibility index (Phi) is 4.60. The maximum Gasteiger partial charge on any atom is 0.335 e. The quantitative estimate of drug-likeness (QED) is 0.738. The minimum Gasteiger partial charge on any atom is -0.478 e. The van der Waals surface area contributed by atoms with E-state index in [1.807, 2.05) is 0 Å². The lowest BCUT2D eigenvalue weighted by Crippen LogP contribution is -2.15. The SMILES string of the molecule is Cc1ccc(C)c(CNCc2cc(C(=O)O)ccc2N)c1. The molecule has 0 unspecified atom stereocenters. The van der Waals surface area contributed by atoms with Crippen molar-refractivity contribution in [2.75, 3.05) is 5.73 Å². The van der Waals surface area contributed by atoms with Crippen LogP contribution < -0.4 is 11.1 Å². The highest BCUT2D eigenvalue weighted by molar-refractivity contribution is 5.88. The second kappa shape index (κ2) is 6.41. The number of benzene rings is 2. The van der Waals surface area contributed by atoms with E-state index in [2.05, 4.69) is 37.4 Å². The summed E-state index contributed by atoms with van der Waals surface area (Å²) in [6.45, 7) is 5.41. The van der Waals surface area contributed by atoms with E-state index >= 15 is 0 Å². The minimum atomic E-state index is -0.939. The van der Waals surface area contributed by atoms with E-state index in [0.29, 0.717) is 12.2 Å². The number of nitrogens with one attached hydrogen (secondary N) is 1. The predicted octanol–water partition coefficient (Wildman–Crippen LogP) is 2.87. The molecule has 4 N–H and O–H groups in total. The van der Waals surface area contributed by atoms with E-state index in [1.165, 1.54) is 22.8 Å². The molecular formula is C17H20N2O2. The fourth-order valence-corrected chi connectivity index (χ4v) is 2.21. The molecule has 0 saturated carbocycles. The molecule has 2 aromatic carbocycles. The first-order valence-electron chi connectivity index (χ1n) is 6.86. The fourth-order valence-electron chi connectivity index (χ4n) is 2.21. The van der Waals surface area contributed by atoms with E-state index in [-0.39, 0.29) is 5.56 Å². The van der Waals surface area contributed by atoms with Crippen LogP contribution in [0.25, 0.3) is 0 Å². The third-order valence-corrected chi connectivity index (χ3v) is 3.53. The molecule has 0 aromatic heterocycles. The van der Waals surface area contributed by atoms with Gasteiger partial charge in [0.05, 0.1) is 5.56 Å². The highest BCUT2D eigenvalue weighted by atomic mass is 16.4. The summed E-state index contributed by atoms with van der Waals surface area (Å²) in [7, 11) is 0. The van der Waals surface area contributed by atoms with Gasteiger partial charge in [-0.2, -0.15) is 0 Å². The molecule has 0 amide bonds. The topological polar surface area (TPSA) is 75.3 Å². The summed E-state index contributed by atoms with van der Waals surface area (Å²) >= 11 is 0. The zero-order valence-electron chi connectivity index (χ0n) is 12.3. The molecule has 4 nitrogen and oxygen atoms in total. The van der Waals surface area contributed by atoms with Crippen LogP contribution >= 0.6 is 0 Å². The Bertz CT molecular complexity index is 666. The molecule has 0 aliphatic carbocycles. The number of carboxylic acids is 1. The van der Waals surface area contributed by atoms with E-state index < -0.39 is 5.97 Å². The predicted molar refractivity (Wildman–Crippen MR) is 84.3 cm³/mol. The van der Waals surface area contributed by atoms with Crippen LogP contribution in [-0.2, 0) is 13.1 Å². The summed E-state index contributed by atoms with van der Waals surface area (Å²) in [6, 6.07) is 11.1. The summed E-state index contributed by atoms with van der Waals surface area (Å²) in [6.07, 6.45) is 0. The molecule has 4 heteroatoms. The van der Waals surface area contributed by atoms with Gasteiger partial charge in [0.15, 0.2) is 0 Å². The summed E-state index contributed by atoms with van der Waals surface area (Å²) in [5, 5.41) is 12.3. The van der Waals surface area contributed by atoms with Crippen LogP contribution in [0.3, 0.4) is 0 Å². The molecule has 0 fully saturated rings. The minimum absolute atomic E-state index is 0.257. The van der Waals surface area contributed by atoms with Crippen molar-refractivity contribution in [2.45, 2.75) is 26.9 Å². The maximum atomic E-state index is 11.0. The lowest BCUT2D eigenvalue weighted by atomic mass is 10.1. The first kappa shape index (κ1) is 15.1. The van der Waals surface area contributed by atoms with Crippen LogP contribution in [0, 0.1) is 13.8 Å². The molecule has 0 saturated heterocycles. The van der Waals surface area contributed by atoms with E-state index in [9.17, 15) is 4.79 Å². The zero-order chi connectivity index (χ0) is 15.4. The second-order valence-corrected chi connectivity index (χ2v) is 5.25. The van der Waals surface area contributed by atoms with Gasteiger partial charge in [0.1, 0.15) is 0 Å². The van der Waals surface area contributed by atoms with E-state index in [1.54, 1.807) is 12.1 Å². The van der Waals surface area contributed by atoms with Crippen LogP contribution in [0.1, 0.15) is 32.6 Å². The van der Waals surface area contributed by atoms with Gasteiger partial charge in [-0.25, -0.2) is 4.79 Å². The van der Waals surface area contributed by atoms with Crippen molar-refractivity contribution >= 4 is 11.7 Å². The van der Waals surface area contributed by atoms with Gasteiger partial charge in [-0.15, -0.1) is 0 Å². The van der Waals surface area contributed by atoms with Crippen molar-refractivity contribution in [1.29, 1.82) is 0 Å². The Balaban J connectivity index is 2.05. The molecule has 0 radical (unpaired) electrons. The van der Waals surface area contributed by atoms with Gasteiger partial charge in [0, 0.05) is 18.8 Å². The Morgan fingerprint density at radius 3 is 2.52 bits per heavy atom. The third-order valence-electron chi connectivity index (χ3n) is 3.53. The Labute approximate surface area is 124 Å². The summed E-state index contributed by atoms with van der Waals surface area (Å²) in [5.41, 5.74) is 11.3. The molecule has 2 rings (SSSR count). The molecule has 0 heterocycles. The van der Waals surface area contributed by atoms with Gasteiger partial charge in [-0.1, -0.05) is 23.8 Å². The standard InChI is InChI=1S/C17H20N2O2/c1-11-3-4-12(2)14(7-11)9-19-10-15-8-13(17(20)21)5-6-16(15)18/h3-8,19H,9-10,18H2,1-2H3,(H,20,21). The number of carbonyl (C=O) groups is 1. The van der Waals surface area contributed by atoms with Crippen molar-refractivity contribution in [1.82, 2.24) is 5.32 Å². The summed E-state index contributed by atoms with van der Waals surface area (Å²) in [5.74, 6) is -0.939. The molecule has 0 aliphatic rings. The number of nitrogens with two attached hydrogens (primary N) is 1. The first-order valence-corrected chi connectivity index (χ1v) is 6.86. The van der Waals surface area contributed by atoms with Crippen LogP contribution in [0.2, 0.25) is 0 Å². The summed E-state index contributed by atoms with van der Waals surface area (Å²) in [4.78, 5) is 11.0. The molecular weight excluding hydrogens is 264 g/mol. The van der Waals surface area contributed by atoms with Crippen molar-refractivity contribution < 1.29 is 9.90 Å². The fraction of sp³-hybridized carbons (Fsp3) is 0.235. The van der Waals surface area contributed by atoms with Crippen molar-refractivity contribution in [2.24, 2.45) is 0 Å². The smallest absolute Gasteiger partial charge is 0.335 e. The van der Waals surface area contributed by atoms with Crippen molar-refractivity contribution in [3.8, 4) is 0 Å². The van der Waals surface area contributed by atoms with Crippen LogP contribution in [0.5, 0.6) is 0 Å². The normalized spacial score (nSPS) is 10.6.